The molecule has 0 saturated heterocycles. The molecule has 4 aliphatic rings. The Morgan fingerprint density at radius 1 is 0.821 bits per heavy atom. The molecule has 0 aliphatic heterocycles. The van der Waals surface area contributed by atoms with Gasteiger partial charge in [-0.1, -0.05) is 53.9 Å². The maximum Gasteiger partial charge on any atom is 0.0543 e. The van der Waals surface area contributed by atoms with E-state index in [1.54, 1.807) is 0 Å². The average molecular weight is 389 g/mol. The molecular weight excluding hydrogens is 340 g/mol. The topological polar surface area (TPSA) is 20.2 Å². The van der Waals surface area contributed by atoms with Crippen LogP contribution in [0, 0.1) is 52.3 Å². The Hall–Kier alpha value is -0.0400. The average Bonchev–Trinajstić information content (AvgIpc) is 2.99. The fourth-order valence-electron chi connectivity index (χ4n) is 9.26. The van der Waals surface area contributed by atoms with Gasteiger partial charge in [0, 0.05) is 0 Å². The third-order valence-corrected chi connectivity index (χ3v) is 10.8. The number of aliphatic hydroxyl groups excluding tert-OH is 1. The Labute approximate surface area is 175 Å². The molecule has 0 aromatic carbocycles. The third kappa shape index (κ3) is 3.50. The second-order valence-electron chi connectivity index (χ2n) is 12.6. The minimum atomic E-state index is -0.00830. The van der Waals surface area contributed by atoms with Crippen LogP contribution in [-0.4, -0.2) is 11.2 Å². The van der Waals surface area contributed by atoms with Gasteiger partial charge >= 0.3 is 0 Å². The van der Waals surface area contributed by atoms with Crippen LogP contribution in [0.2, 0.25) is 0 Å². The van der Waals surface area contributed by atoms with E-state index >= 15 is 0 Å². The number of hydrogen-bond donors (Lipinski definition) is 1. The molecule has 4 rings (SSSR count). The van der Waals surface area contributed by atoms with Gasteiger partial charge in [-0.2, -0.15) is 0 Å². The molecule has 1 N–H and O–H groups in total. The van der Waals surface area contributed by atoms with Gasteiger partial charge in [0.15, 0.2) is 0 Å². The SMILES string of the molecule is CC(C)CCC[C@H](C)[C@@H]1CC[C@H]2[C@H]3CC[C@H]4C[C@@H](O)CC[C@]4(C)[C@@H]3CC[C@@]21C. The first-order valence-electron chi connectivity index (χ1n) is 12.9. The summed E-state index contributed by atoms with van der Waals surface area (Å²) in [6.07, 6.45) is 16.6. The van der Waals surface area contributed by atoms with E-state index in [1.807, 2.05) is 0 Å². The van der Waals surface area contributed by atoms with E-state index in [1.165, 1.54) is 64.2 Å². The molecule has 0 unspecified atom stereocenters. The van der Waals surface area contributed by atoms with Crippen LogP contribution in [-0.2, 0) is 0 Å². The summed E-state index contributed by atoms with van der Waals surface area (Å²) in [5.41, 5.74) is 1.15. The number of rotatable bonds is 5. The monoisotopic (exact) mass is 388 g/mol. The van der Waals surface area contributed by atoms with Gasteiger partial charge in [-0.25, -0.2) is 0 Å². The Morgan fingerprint density at radius 2 is 1.54 bits per heavy atom. The normalized spacial score (nSPS) is 49.4. The standard InChI is InChI=1S/C27H48O/c1-18(2)7-6-8-19(3)23-11-12-24-22-10-9-20-17-21(28)13-15-26(20,4)25(22)14-16-27(23,24)5/h18-25,28H,6-17H2,1-5H3/t19-,20-,21-,22+,23-,24-,25+,26-,27+/m0/s1. The fourth-order valence-corrected chi connectivity index (χ4v) is 9.26. The molecule has 0 bridgehead atoms. The van der Waals surface area contributed by atoms with Crippen molar-refractivity contribution in [2.45, 2.75) is 118 Å². The second-order valence-corrected chi connectivity index (χ2v) is 12.6. The molecule has 0 aromatic rings. The van der Waals surface area contributed by atoms with Crippen molar-refractivity contribution in [2.24, 2.45) is 52.3 Å². The highest BCUT2D eigenvalue weighted by molar-refractivity contribution is 5.09. The van der Waals surface area contributed by atoms with E-state index in [0.717, 1.165) is 54.3 Å². The molecular formula is C27H48O. The van der Waals surface area contributed by atoms with Gasteiger partial charge in [0.25, 0.3) is 0 Å². The summed E-state index contributed by atoms with van der Waals surface area (Å²) in [7, 11) is 0. The molecule has 4 aliphatic carbocycles. The Bertz CT molecular complexity index is 540. The molecule has 1 heteroatoms. The summed E-state index contributed by atoms with van der Waals surface area (Å²) in [5.74, 6) is 6.49. The largest absolute Gasteiger partial charge is 0.393 e. The summed E-state index contributed by atoms with van der Waals surface area (Å²) in [5, 5.41) is 10.3. The van der Waals surface area contributed by atoms with Gasteiger partial charge in [0.1, 0.15) is 0 Å². The van der Waals surface area contributed by atoms with Gasteiger partial charge in [0.2, 0.25) is 0 Å². The van der Waals surface area contributed by atoms with Gasteiger partial charge in [-0.15, -0.1) is 0 Å². The summed E-state index contributed by atoms with van der Waals surface area (Å²) >= 11 is 0. The van der Waals surface area contributed by atoms with Crippen LogP contribution in [0.15, 0.2) is 0 Å². The highest BCUT2D eigenvalue weighted by Crippen LogP contribution is 2.68. The molecule has 1 nitrogen and oxygen atoms in total. The van der Waals surface area contributed by atoms with Crippen LogP contribution in [0.3, 0.4) is 0 Å². The molecule has 162 valence electrons. The third-order valence-electron chi connectivity index (χ3n) is 10.8. The van der Waals surface area contributed by atoms with Gasteiger partial charge < -0.3 is 5.11 Å². The summed E-state index contributed by atoms with van der Waals surface area (Å²) in [6, 6.07) is 0. The maximum atomic E-state index is 10.3. The smallest absolute Gasteiger partial charge is 0.0543 e. The molecule has 0 spiro atoms. The summed E-state index contributed by atoms with van der Waals surface area (Å²) in [4.78, 5) is 0. The predicted molar refractivity (Wildman–Crippen MR) is 119 cm³/mol. The second kappa shape index (κ2) is 7.90. The summed E-state index contributed by atoms with van der Waals surface area (Å²) < 4.78 is 0. The van der Waals surface area contributed by atoms with Crippen molar-refractivity contribution < 1.29 is 5.11 Å². The van der Waals surface area contributed by atoms with E-state index in [0.29, 0.717) is 10.8 Å². The zero-order valence-corrected chi connectivity index (χ0v) is 19.6. The van der Waals surface area contributed by atoms with E-state index in [2.05, 4.69) is 34.6 Å². The van der Waals surface area contributed by atoms with Crippen molar-refractivity contribution in [3.8, 4) is 0 Å². The zero-order chi connectivity index (χ0) is 20.1. The van der Waals surface area contributed by atoms with Crippen molar-refractivity contribution in [3.63, 3.8) is 0 Å². The first-order chi connectivity index (χ1) is 13.3. The van der Waals surface area contributed by atoms with E-state index < -0.39 is 0 Å². The number of fused-ring (bicyclic) bond motifs is 5. The fraction of sp³-hybridized carbons (Fsp3) is 1.00. The molecule has 0 radical (unpaired) electrons. The van der Waals surface area contributed by atoms with E-state index in [-0.39, 0.29) is 6.10 Å². The minimum Gasteiger partial charge on any atom is -0.393 e. The Morgan fingerprint density at radius 3 is 2.29 bits per heavy atom. The lowest BCUT2D eigenvalue weighted by atomic mass is 9.44. The van der Waals surface area contributed by atoms with Crippen molar-refractivity contribution in [3.05, 3.63) is 0 Å². The van der Waals surface area contributed by atoms with Gasteiger partial charge in [0.05, 0.1) is 6.10 Å². The molecule has 4 fully saturated rings. The van der Waals surface area contributed by atoms with E-state index in [9.17, 15) is 5.11 Å². The molecule has 28 heavy (non-hydrogen) atoms. The highest BCUT2D eigenvalue weighted by atomic mass is 16.3. The Balaban J connectivity index is 1.46. The predicted octanol–water partition coefficient (Wildman–Crippen LogP) is 7.47. The van der Waals surface area contributed by atoms with Crippen LogP contribution in [0.1, 0.15) is 112 Å². The van der Waals surface area contributed by atoms with Crippen molar-refractivity contribution >= 4 is 0 Å². The van der Waals surface area contributed by atoms with E-state index in [4.69, 9.17) is 0 Å². The summed E-state index contributed by atoms with van der Waals surface area (Å²) in [6.45, 7) is 12.7. The van der Waals surface area contributed by atoms with Crippen LogP contribution in [0.25, 0.3) is 0 Å². The maximum absolute atomic E-state index is 10.3. The quantitative estimate of drug-likeness (QED) is 0.518. The molecule has 0 amide bonds. The van der Waals surface area contributed by atoms with Crippen molar-refractivity contribution in [1.29, 1.82) is 0 Å². The van der Waals surface area contributed by atoms with Gasteiger partial charge in [-0.3, -0.25) is 0 Å². The Kier molecular flexibility index (Phi) is 5.98. The zero-order valence-electron chi connectivity index (χ0n) is 19.6. The van der Waals surface area contributed by atoms with Crippen LogP contribution < -0.4 is 0 Å². The molecule has 0 heterocycles. The lowest BCUT2D eigenvalue weighted by Crippen LogP contribution is -2.54. The van der Waals surface area contributed by atoms with Crippen LogP contribution >= 0.6 is 0 Å². The molecule has 9 atom stereocenters. The lowest BCUT2D eigenvalue weighted by Gasteiger charge is -2.61. The number of hydrogen-bond acceptors (Lipinski definition) is 1. The molecule has 4 saturated carbocycles. The van der Waals surface area contributed by atoms with Crippen molar-refractivity contribution in [1.82, 2.24) is 0 Å². The first-order valence-corrected chi connectivity index (χ1v) is 12.9. The van der Waals surface area contributed by atoms with Crippen LogP contribution in [0.5, 0.6) is 0 Å². The highest BCUT2D eigenvalue weighted by Gasteiger charge is 2.60. The number of aliphatic hydroxyl groups is 1. The van der Waals surface area contributed by atoms with Gasteiger partial charge in [-0.05, 0) is 110 Å². The van der Waals surface area contributed by atoms with Crippen LogP contribution in [0.4, 0.5) is 0 Å². The minimum absolute atomic E-state index is 0.00830. The van der Waals surface area contributed by atoms with Crippen molar-refractivity contribution in [2.75, 3.05) is 0 Å². The first kappa shape index (κ1) is 21.2. The molecule has 0 aromatic heterocycles. The lowest BCUT2D eigenvalue weighted by molar-refractivity contribution is -0.129.